The maximum absolute atomic E-state index is 13.6. The fourth-order valence-electron chi connectivity index (χ4n) is 1.59. The number of nitrogens with one attached hydrogen (secondary N) is 1. The summed E-state index contributed by atoms with van der Waals surface area (Å²) < 4.78 is 32.3. The molecule has 1 N–H and O–H groups in total. The van der Waals surface area contributed by atoms with Crippen molar-refractivity contribution in [2.75, 3.05) is 13.6 Å². The van der Waals surface area contributed by atoms with Crippen molar-refractivity contribution in [3.05, 3.63) is 29.7 Å². The fraction of sp³-hybridized carbons (Fsp3) is 0.364. The Bertz CT molecular complexity index is 508. The quantitative estimate of drug-likeness (QED) is 0.873. The molecule has 0 radical (unpaired) electrons. The lowest BCUT2D eigenvalue weighted by atomic mass is 10.1. The average Bonchev–Trinajstić information content (AvgIpc) is 2.56. The third-order valence-corrected chi connectivity index (χ3v) is 2.32. The van der Waals surface area contributed by atoms with Gasteiger partial charge in [0.2, 0.25) is 0 Å². The highest BCUT2D eigenvalue weighted by atomic mass is 19.3. The molecule has 1 aromatic heterocycles. The minimum absolute atomic E-state index is 0.0644. The molecular weight excluding hydrogens is 214 g/mol. The number of rotatable bonds is 3. The van der Waals surface area contributed by atoms with Crippen LogP contribution in [0.2, 0.25) is 0 Å². The maximum atomic E-state index is 13.6. The molecule has 0 aliphatic heterocycles. The molecule has 3 nitrogen and oxygen atoms in total. The van der Waals surface area contributed by atoms with Crippen LogP contribution < -0.4 is 5.32 Å². The van der Waals surface area contributed by atoms with Gasteiger partial charge in [-0.2, -0.15) is 8.78 Å². The Kier molecular flexibility index (Phi) is 2.63. The minimum Gasteiger partial charge on any atom is -0.441 e. The van der Waals surface area contributed by atoms with Crippen LogP contribution in [0.3, 0.4) is 0 Å². The average molecular weight is 226 g/mol. The highest BCUT2D eigenvalue weighted by molar-refractivity contribution is 5.73. The first-order chi connectivity index (χ1) is 7.53. The molecule has 0 fully saturated rings. The van der Waals surface area contributed by atoms with Gasteiger partial charge in [-0.05, 0) is 19.2 Å². The van der Waals surface area contributed by atoms with E-state index in [2.05, 4.69) is 10.3 Å². The zero-order valence-electron chi connectivity index (χ0n) is 9.05. The normalized spacial score (nSPS) is 12.2. The van der Waals surface area contributed by atoms with E-state index in [1.165, 1.54) is 19.2 Å². The Morgan fingerprint density at radius 1 is 1.44 bits per heavy atom. The lowest BCUT2D eigenvalue weighted by Crippen LogP contribution is -2.27. The number of alkyl halides is 2. The molecule has 1 aromatic carbocycles. The van der Waals surface area contributed by atoms with Crippen molar-refractivity contribution in [1.82, 2.24) is 10.3 Å². The first kappa shape index (κ1) is 11.0. The van der Waals surface area contributed by atoms with Gasteiger partial charge in [-0.1, -0.05) is 6.07 Å². The monoisotopic (exact) mass is 226 g/mol. The molecule has 0 unspecified atom stereocenters. The standard InChI is InChI=1S/C11H12F2N2O/c1-7-15-9-4-3-8(5-10(9)16-7)11(12,13)6-14-2/h3-5,14H,6H2,1-2H3. The fourth-order valence-corrected chi connectivity index (χ4v) is 1.59. The first-order valence-corrected chi connectivity index (χ1v) is 4.93. The Morgan fingerprint density at radius 2 is 2.19 bits per heavy atom. The van der Waals surface area contributed by atoms with E-state index in [4.69, 9.17) is 4.42 Å². The van der Waals surface area contributed by atoms with Gasteiger partial charge in [-0.25, -0.2) is 4.98 Å². The van der Waals surface area contributed by atoms with Gasteiger partial charge in [0.1, 0.15) is 5.52 Å². The number of aryl methyl sites for hydroxylation is 1. The number of hydrogen-bond donors (Lipinski definition) is 1. The largest absolute Gasteiger partial charge is 0.441 e. The van der Waals surface area contributed by atoms with Gasteiger partial charge in [0.05, 0.1) is 6.54 Å². The van der Waals surface area contributed by atoms with Gasteiger partial charge in [-0.3, -0.25) is 0 Å². The number of oxazole rings is 1. The Hall–Kier alpha value is -1.49. The van der Waals surface area contributed by atoms with Crippen molar-refractivity contribution in [3.63, 3.8) is 0 Å². The third-order valence-electron chi connectivity index (χ3n) is 2.32. The number of fused-ring (bicyclic) bond motifs is 1. The van der Waals surface area contributed by atoms with Gasteiger partial charge in [0.25, 0.3) is 5.92 Å². The molecule has 1 heterocycles. The van der Waals surface area contributed by atoms with Gasteiger partial charge < -0.3 is 9.73 Å². The molecular formula is C11H12F2N2O. The van der Waals surface area contributed by atoms with E-state index in [9.17, 15) is 8.78 Å². The van der Waals surface area contributed by atoms with Crippen LogP contribution in [0.1, 0.15) is 11.5 Å². The molecule has 0 saturated heterocycles. The summed E-state index contributed by atoms with van der Waals surface area (Å²) in [5.74, 6) is -2.42. The minimum atomic E-state index is -2.90. The number of halogens is 2. The second-order valence-corrected chi connectivity index (χ2v) is 3.65. The van der Waals surface area contributed by atoms with Gasteiger partial charge in [0.15, 0.2) is 11.5 Å². The van der Waals surface area contributed by atoms with Crippen LogP contribution in [-0.2, 0) is 5.92 Å². The summed E-state index contributed by atoms with van der Waals surface area (Å²) in [5.41, 5.74) is 0.929. The second kappa shape index (κ2) is 3.83. The SMILES string of the molecule is CNCC(F)(F)c1ccc2nc(C)oc2c1. The van der Waals surface area contributed by atoms with Crippen LogP contribution in [0.15, 0.2) is 22.6 Å². The van der Waals surface area contributed by atoms with Crippen LogP contribution in [0.25, 0.3) is 11.1 Å². The molecule has 2 rings (SSSR count). The van der Waals surface area contributed by atoms with Crippen LogP contribution in [0.4, 0.5) is 8.78 Å². The van der Waals surface area contributed by atoms with Gasteiger partial charge in [-0.15, -0.1) is 0 Å². The summed E-state index contributed by atoms with van der Waals surface area (Å²) in [5, 5.41) is 2.46. The lowest BCUT2D eigenvalue weighted by molar-refractivity contribution is -0.00119. The van der Waals surface area contributed by atoms with Gasteiger partial charge in [0, 0.05) is 12.5 Å². The number of likely N-dealkylation sites (N-methyl/N-ethyl adjacent to an activating group) is 1. The molecule has 0 atom stereocenters. The topological polar surface area (TPSA) is 38.1 Å². The molecule has 2 aromatic rings. The predicted octanol–water partition coefficient (Wildman–Crippen LogP) is 2.45. The summed E-state index contributed by atoms with van der Waals surface area (Å²) in [6.07, 6.45) is 0. The molecule has 0 saturated carbocycles. The van der Waals surface area contributed by atoms with Crippen molar-refractivity contribution in [1.29, 1.82) is 0 Å². The van der Waals surface area contributed by atoms with E-state index in [1.54, 1.807) is 13.0 Å². The summed E-state index contributed by atoms with van der Waals surface area (Å²) >= 11 is 0. The number of aromatic nitrogens is 1. The second-order valence-electron chi connectivity index (χ2n) is 3.65. The summed E-state index contributed by atoms with van der Waals surface area (Å²) in [4.78, 5) is 4.06. The Balaban J connectivity index is 2.45. The van der Waals surface area contributed by atoms with E-state index < -0.39 is 12.5 Å². The molecule has 0 aliphatic carbocycles. The molecule has 0 bridgehead atoms. The zero-order chi connectivity index (χ0) is 11.8. The first-order valence-electron chi connectivity index (χ1n) is 4.93. The third kappa shape index (κ3) is 1.90. The van der Waals surface area contributed by atoms with E-state index in [0.717, 1.165) is 0 Å². The number of benzene rings is 1. The van der Waals surface area contributed by atoms with Crippen molar-refractivity contribution >= 4 is 11.1 Å². The summed E-state index contributed by atoms with van der Waals surface area (Å²) in [6, 6.07) is 4.26. The highest BCUT2D eigenvalue weighted by Crippen LogP contribution is 2.29. The Morgan fingerprint density at radius 3 is 2.88 bits per heavy atom. The van der Waals surface area contributed by atoms with E-state index in [1.807, 2.05) is 0 Å². The van der Waals surface area contributed by atoms with Gasteiger partial charge >= 0.3 is 0 Å². The van der Waals surface area contributed by atoms with Crippen molar-refractivity contribution < 1.29 is 13.2 Å². The van der Waals surface area contributed by atoms with Crippen molar-refractivity contribution in [3.8, 4) is 0 Å². The van der Waals surface area contributed by atoms with Crippen LogP contribution in [0, 0.1) is 6.92 Å². The summed E-state index contributed by atoms with van der Waals surface area (Å²) in [6.45, 7) is 1.29. The van der Waals surface area contributed by atoms with Crippen molar-refractivity contribution in [2.24, 2.45) is 0 Å². The smallest absolute Gasteiger partial charge is 0.285 e. The van der Waals surface area contributed by atoms with E-state index in [-0.39, 0.29) is 5.56 Å². The summed E-state index contributed by atoms with van der Waals surface area (Å²) in [7, 11) is 1.49. The Labute approximate surface area is 91.5 Å². The molecule has 0 spiro atoms. The van der Waals surface area contributed by atoms with Crippen LogP contribution in [-0.4, -0.2) is 18.6 Å². The molecule has 16 heavy (non-hydrogen) atoms. The molecule has 5 heteroatoms. The van der Waals surface area contributed by atoms with E-state index in [0.29, 0.717) is 17.0 Å². The maximum Gasteiger partial charge on any atom is 0.285 e. The number of hydrogen-bond acceptors (Lipinski definition) is 3. The van der Waals surface area contributed by atoms with E-state index >= 15 is 0 Å². The van der Waals surface area contributed by atoms with Crippen LogP contribution in [0.5, 0.6) is 0 Å². The molecule has 86 valence electrons. The van der Waals surface area contributed by atoms with Crippen molar-refractivity contribution in [2.45, 2.75) is 12.8 Å². The van der Waals surface area contributed by atoms with Crippen LogP contribution >= 0.6 is 0 Å². The zero-order valence-corrected chi connectivity index (χ0v) is 9.05. The highest BCUT2D eigenvalue weighted by Gasteiger charge is 2.31. The predicted molar refractivity (Wildman–Crippen MR) is 56.6 cm³/mol. The molecule has 0 aliphatic rings. The molecule has 0 amide bonds. The lowest BCUT2D eigenvalue weighted by Gasteiger charge is -2.15. The number of nitrogens with zero attached hydrogens (tertiary/aromatic N) is 1.